The van der Waals surface area contributed by atoms with Crippen LogP contribution < -0.4 is 4.74 Å². The van der Waals surface area contributed by atoms with Crippen molar-refractivity contribution in [2.24, 2.45) is 11.8 Å². The van der Waals surface area contributed by atoms with Crippen LogP contribution in [0.25, 0.3) is 11.1 Å². The highest BCUT2D eigenvalue weighted by molar-refractivity contribution is 5.65. The lowest BCUT2D eigenvalue weighted by atomic mass is 9.81. The van der Waals surface area contributed by atoms with Crippen molar-refractivity contribution in [3.05, 3.63) is 113 Å². The van der Waals surface area contributed by atoms with E-state index in [1.807, 2.05) is 6.92 Å². The standard InChI is InChI=1S/C35H38F4O/c1-3-7-24-10-12-25(13-11-24)8-5-6-9-27-14-15-28(33(37)32(27)36)16-17-29-20-23-31(35(39)34(29)38)26-18-21-30(22-19-26)40-4-2/h3,5,7-8,14-15,18-25H,4,6,9-13,16-17H2,1-2H3/b7-3+,8-5+. The number of rotatable bonds is 11. The minimum atomic E-state index is -0.967. The van der Waals surface area contributed by atoms with Crippen molar-refractivity contribution in [2.45, 2.75) is 65.2 Å². The Hall–Kier alpha value is -3.34. The molecule has 0 radical (unpaired) electrons. The van der Waals surface area contributed by atoms with Crippen molar-refractivity contribution in [2.75, 3.05) is 6.61 Å². The first-order valence-electron chi connectivity index (χ1n) is 14.4. The minimum absolute atomic E-state index is 0.0566. The van der Waals surface area contributed by atoms with Gasteiger partial charge in [0.1, 0.15) is 5.75 Å². The fourth-order valence-corrected chi connectivity index (χ4v) is 5.52. The van der Waals surface area contributed by atoms with E-state index in [1.165, 1.54) is 25.0 Å². The summed E-state index contributed by atoms with van der Waals surface area (Å²) in [5, 5.41) is 0. The molecule has 0 heterocycles. The second kappa shape index (κ2) is 14.3. The Morgan fingerprint density at radius 1 is 0.675 bits per heavy atom. The Morgan fingerprint density at radius 2 is 1.20 bits per heavy atom. The highest BCUT2D eigenvalue weighted by Gasteiger charge is 2.19. The molecule has 3 aromatic rings. The van der Waals surface area contributed by atoms with Crippen molar-refractivity contribution in [1.82, 2.24) is 0 Å². The molecular weight excluding hydrogens is 512 g/mol. The van der Waals surface area contributed by atoms with Crippen LogP contribution in [0.15, 0.2) is 72.8 Å². The van der Waals surface area contributed by atoms with Crippen LogP contribution >= 0.6 is 0 Å². The van der Waals surface area contributed by atoms with Gasteiger partial charge in [-0.3, -0.25) is 0 Å². The van der Waals surface area contributed by atoms with E-state index in [0.29, 0.717) is 48.2 Å². The van der Waals surface area contributed by atoms with Gasteiger partial charge in [-0.2, -0.15) is 0 Å². The Morgan fingerprint density at radius 3 is 1.77 bits per heavy atom. The predicted molar refractivity (Wildman–Crippen MR) is 154 cm³/mol. The van der Waals surface area contributed by atoms with E-state index in [-0.39, 0.29) is 29.5 Å². The molecule has 5 heteroatoms. The molecule has 0 aromatic heterocycles. The number of hydrogen-bond acceptors (Lipinski definition) is 1. The zero-order valence-electron chi connectivity index (χ0n) is 23.4. The molecule has 1 fully saturated rings. The van der Waals surface area contributed by atoms with Gasteiger partial charge >= 0.3 is 0 Å². The molecule has 0 unspecified atom stereocenters. The lowest BCUT2D eigenvalue weighted by Crippen LogP contribution is -2.11. The number of benzene rings is 3. The number of hydrogen-bond donors (Lipinski definition) is 0. The average molecular weight is 551 g/mol. The average Bonchev–Trinajstić information content (AvgIpc) is 2.96. The Bertz CT molecular complexity index is 1320. The van der Waals surface area contributed by atoms with Crippen molar-refractivity contribution in [3.8, 4) is 16.9 Å². The highest BCUT2D eigenvalue weighted by Crippen LogP contribution is 2.31. The smallest absolute Gasteiger partial charge is 0.166 e. The van der Waals surface area contributed by atoms with Crippen LogP contribution in [0.5, 0.6) is 5.75 Å². The molecule has 0 atom stereocenters. The van der Waals surface area contributed by atoms with E-state index in [2.05, 4.69) is 31.2 Å². The SMILES string of the molecule is C/C=C/C1CCC(/C=C/CCc2ccc(CCc3ccc(-c4ccc(OCC)cc4)c(F)c3F)c(F)c2F)CC1. The molecule has 4 rings (SSSR count). The van der Waals surface area contributed by atoms with E-state index in [0.717, 1.165) is 12.8 Å². The second-order valence-electron chi connectivity index (χ2n) is 10.5. The van der Waals surface area contributed by atoms with E-state index >= 15 is 0 Å². The normalized spacial score (nSPS) is 17.6. The maximum absolute atomic E-state index is 14.9. The van der Waals surface area contributed by atoms with Crippen LogP contribution in [0, 0.1) is 35.1 Å². The molecule has 0 N–H and O–H groups in total. The molecule has 3 aromatic carbocycles. The molecule has 0 amide bonds. The van der Waals surface area contributed by atoms with Gasteiger partial charge in [0.25, 0.3) is 0 Å². The fraction of sp³-hybridized carbons (Fsp3) is 0.371. The summed E-state index contributed by atoms with van der Waals surface area (Å²) in [5.41, 5.74) is 1.29. The van der Waals surface area contributed by atoms with Crippen LogP contribution in [0.2, 0.25) is 0 Å². The van der Waals surface area contributed by atoms with Gasteiger partial charge in [-0.25, -0.2) is 17.6 Å². The first-order chi connectivity index (χ1) is 19.4. The van der Waals surface area contributed by atoms with E-state index in [4.69, 9.17) is 4.74 Å². The summed E-state index contributed by atoms with van der Waals surface area (Å²) in [6.45, 7) is 4.44. The maximum Gasteiger partial charge on any atom is 0.166 e. The number of ether oxygens (including phenoxy) is 1. The summed E-state index contributed by atoms with van der Waals surface area (Å²) in [6, 6.07) is 13.0. The highest BCUT2D eigenvalue weighted by atomic mass is 19.2. The molecule has 1 aliphatic rings. The largest absolute Gasteiger partial charge is 0.494 e. The second-order valence-corrected chi connectivity index (χ2v) is 10.5. The van der Waals surface area contributed by atoms with Crippen LogP contribution in [-0.2, 0) is 19.3 Å². The van der Waals surface area contributed by atoms with Gasteiger partial charge in [0, 0.05) is 5.56 Å². The van der Waals surface area contributed by atoms with Crippen molar-refractivity contribution in [3.63, 3.8) is 0 Å². The Kier molecular flexibility index (Phi) is 10.6. The minimum Gasteiger partial charge on any atom is -0.494 e. The Labute approximate surface area is 235 Å². The quantitative estimate of drug-likeness (QED) is 0.171. The van der Waals surface area contributed by atoms with Gasteiger partial charge in [0.15, 0.2) is 23.3 Å². The van der Waals surface area contributed by atoms with Gasteiger partial charge in [-0.05, 0) is 111 Å². The summed E-state index contributed by atoms with van der Waals surface area (Å²) in [4.78, 5) is 0. The number of halogens is 4. The maximum atomic E-state index is 14.9. The van der Waals surface area contributed by atoms with E-state index in [9.17, 15) is 17.6 Å². The predicted octanol–water partition coefficient (Wildman–Crippen LogP) is 9.97. The van der Waals surface area contributed by atoms with Crippen LogP contribution in [-0.4, -0.2) is 6.61 Å². The third-order valence-electron chi connectivity index (χ3n) is 7.81. The molecule has 1 saturated carbocycles. The first kappa shape index (κ1) is 29.6. The van der Waals surface area contributed by atoms with Crippen molar-refractivity contribution < 1.29 is 22.3 Å². The molecule has 0 saturated heterocycles. The topological polar surface area (TPSA) is 9.23 Å². The van der Waals surface area contributed by atoms with Crippen LogP contribution in [0.3, 0.4) is 0 Å². The van der Waals surface area contributed by atoms with Gasteiger partial charge in [-0.1, -0.05) is 60.7 Å². The van der Waals surface area contributed by atoms with Crippen LogP contribution in [0.1, 0.15) is 62.6 Å². The molecule has 0 bridgehead atoms. The van der Waals surface area contributed by atoms with Crippen molar-refractivity contribution in [1.29, 1.82) is 0 Å². The summed E-state index contributed by atoms with van der Waals surface area (Å²) < 4.78 is 64.8. The van der Waals surface area contributed by atoms with Gasteiger partial charge in [0.05, 0.1) is 6.61 Å². The zero-order valence-corrected chi connectivity index (χ0v) is 23.4. The first-order valence-corrected chi connectivity index (χ1v) is 14.4. The lowest BCUT2D eigenvalue weighted by molar-refractivity contribution is 0.340. The van der Waals surface area contributed by atoms with E-state index < -0.39 is 23.3 Å². The summed E-state index contributed by atoms with van der Waals surface area (Å²) in [7, 11) is 0. The third kappa shape index (κ3) is 7.44. The number of aryl methyl sites for hydroxylation is 3. The lowest BCUT2D eigenvalue weighted by Gasteiger charge is -2.24. The molecule has 212 valence electrons. The summed E-state index contributed by atoms with van der Waals surface area (Å²) in [5.74, 6) is -1.78. The molecule has 40 heavy (non-hydrogen) atoms. The molecular formula is C35H38F4O. The van der Waals surface area contributed by atoms with Crippen molar-refractivity contribution >= 4 is 0 Å². The van der Waals surface area contributed by atoms with Gasteiger partial charge in [0.2, 0.25) is 0 Å². The molecule has 1 nitrogen and oxygen atoms in total. The fourth-order valence-electron chi connectivity index (χ4n) is 5.52. The third-order valence-corrected chi connectivity index (χ3v) is 7.81. The van der Waals surface area contributed by atoms with Gasteiger partial charge < -0.3 is 4.74 Å². The zero-order chi connectivity index (χ0) is 28.5. The summed E-state index contributed by atoms with van der Waals surface area (Å²) in [6.07, 6.45) is 14.6. The van der Waals surface area contributed by atoms with Gasteiger partial charge in [-0.15, -0.1) is 0 Å². The molecule has 0 aliphatic heterocycles. The molecule has 0 spiro atoms. The van der Waals surface area contributed by atoms with Crippen LogP contribution in [0.4, 0.5) is 17.6 Å². The molecule has 1 aliphatic carbocycles. The monoisotopic (exact) mass is 550 g/mol. The van der Waals surface area contributed by atoms with E-state index in [1.54, 1.807) is 36.4 Å². The summed E-state index contributed by atoms with van der Waals surface area (Å²) >= 11 is 0. The number of allylic oxidation sites excluding steroid dienone is 4. The Balaban J connectivity index is 1.33.